The average Bonchev–Trinajstić information content (AvgIpc) is 2.95. The molecule has 2 fully saturated rings. The molecule has 16 heavy (non-hydrogen) atoms. The van der Waals surface area contributed by atoms with Gasteiger partial charge in [0.2, 0.25) is 0 Å². The monoisotopic (exact) mass is 226 g/mol. The third-order valence-electron chi connectivity index (χ3n) is 3.49. The number of aliphatic carboxylic acids is 1. The molecule has 1 saturated heterocycles. The summed E-state index contributed by atoms with van der Waals surface area (Å²) in [7, 11) is 0. The number of rotatable bonds is 5. The Labute approximate surface area is 97.0 Å². The summed E-state index contributed by atoms with van der Waals surface area (Å²) in [6, 6.07) is 0.490. The van der Waals surface area contributed by atoms with Crippen LogP contribution in [-0.4, -0.2) is 48.2 Å². The molecule has 2 aliphatic rings. The van der Waals surface area contributed by atoms with Crippen LogP contribution in [0.5, 0.6) is 0 Å². The van der Waals surface area contributed by atoms with Crippen LogP contribution in [0.4, 0.5) is 0 Å². The van der Waals surface area contributed by atoms with E-state index in [1.54, 1.807) is 0 Å². The van der Waals surface area contributed by atoms with Gasteiger partial charge in [0.15, 0.2) is 0 Å². The molecule has 2 rings (SSSR count). The second-order valence-electron chi connectivity index (χ2n) is 5.48. The van der Waals surface area contributed by atoms with Crippen LogP contribution in [-0.2, 0) is 4.79 Å². The smallest absolute Gasteiger partial charge is 0.317 e. The van der Waals surface area contributed by atoms with E-state index in [2.05, 4.69) is 17.1 Å². The third-order valence-corrected chi connectivity index (χ3v) is 3.49. The first-order valence-electron chi connectivity index (χ1n) is 6.31. The van der Waals surface area contributed by atoms with Gasteiger partial charge in [0.05, 0.1) is 6.54 Å². The number of carbonyl (C=O) groups is 1. The second-order valence-corrected chi connectivity index (χ2v) is 5.48. The normalized spacial score (nSPS) is 31.6. The van der Waals surface area contributed by atoms with Gasteiger partial charge in [-0.25, -0.2) is 0 Å². The van der Waals surface area contributed by atoms with E-state index < -0.39 is 5.97 Å². The Kier molecular flexibility index (Phi) is 3.82. The molecular formula is C12H22N2O2. The van der Waals surface area contributed by atoms with Crippen molar-refractivity contribution < 1.29 is 9.90 Å². The summed E-state index contributed by atoms with van der Waals surface area (Å²) >= 11 is 0. The van der Waals surface area contributed by atoms with Crippen LogP contribution in [0, 0.1) is 11.8 Å². The van der Waals surface area contributed by atoms with Gasteiger partial charge < -0.3 is 10.4 Å². The molecule has 92 valence electrons. The van der Waals surface area contributed by atoms with Gasteiger partial charge in [-0.1, -0.05) is 6.92 Å². The van der Waals surface area contributed by atoms with E-state index >= 15 is 0 Å². The molecule has 0 aromatic carbocycles. The highest BCUT2D eigenvalue weighted by atomic mass is 16.4. The average molecular weight is 226 g/mol. The molecule has 4 heteroatoms. The van der Waals surface area contributed by atoms with Gasteiger partial charge in [0, 0.05) is 19.1 Å². The van der Waals surface area contributed by atoms with Crippen molar-refractivity contribution >= 4 is 5.97 Å². The van der Waals surface area contributed by atoms with Gasteiger partial charge in [-0.15, -0.1) is 0 Å². The standard InChI is InChI=1S/C12H22N2O2/c1-9-4-11(13-5-10-2-3-10)7-14(6-9)8-12(15)16/h9-11,13H,2-8H2,1H3,(H,15,16). The number of carboxylic acids is 1. The summed E-state index contributed by atoms with van der Waals surface area (Å²) in [6.07, 6.45) is 3.92. The first kappa shape index (κ1) is 11.9. The Balaban J connectivity index is 1.76. The van der Waals surface area contributed by atoms with Crippen LogP contribution in [0.25, 0.3) is 0 Å². The van der Waals surface area contributed by atoms with Crippen LogP contribution < -0.4 is 5.32 Å². The van der Waals surface area contributed by atoms with Gasteiger partial charge in [-0.2, -0.15) is 0 Å². The molecular weight excluding hydrogens is 204 g/mol. The quantitative estimate of drug-likeness (QED) is 0.727. The van der Waals surface area contributed by atoms with E-state index in [0.29, 0.717) is 12.0 Å². The minimum absolute atomic E-state index is 0.186. The van der Waals surface area contributed by atoms with E-state index in [1.165, 1.54) is 19.3 Å². The van der Waals surface area contributed by atoms with Crippen LogP contribution in [0.2, 0.25) is 0 Å². The summed E-state index contributed by atoms with van der Waals surface area (Å²) in [5.74, 6) is 0.782. The summed E-state index contributed by atoms with van der Waals surface area (Å²) in [4.78, 5) is 12.8. The zero-order chi connectivity index (χ0) is 11.5. The van der Waals surface area contributed by atoms with E-state index in [0.717, 1.165) is 25.6 Å². The largest absolute Gasteiger partial charge is 0.480 e. The van der Waals surface area contributed by atoms with Crippen molar-refractivity contribution in [2.45, 2.75) is 32.2 Å². The number of piperidine rings is 1. The number of nitrogens with one attached hydrogen (secondary N) is 1. The molecule has 0 amide bonds. The van der Waals surface area contributed by atoms with Crippen LogP contribution in [0.15, 0.2) is 0 Å². The van der Waals surface area contributed by atoms with Crippen LogP contribution >= 0.6 is 0 Å². The number of hydrogen-bond acceptors (Lipinski definition) is 3. The van der Waals surface area contributed by atoms with Crippen LogP contribution in [0.3, 0.4) is 0 Å². The van der Waals surface area contributed by atoms with Crippen molar-refractivity contribution in [3.05, 3.63) is 0 Å². The molecule has 1 heterocycles. The number of nitrogens with zero attached hydrogens (tertiary/aromatic N) is 1. The zero-order valence-corrected chi connectivity index (χ0v) is 9.98. The molecule has 1 saturated carbocycles. The van der Waals surface area contributed by atoms with Crippen molar-refractivity contribution in [2.24, 2.45) is 11.8 Å². The van der Waals surface area contributed by atoms with E-state index in [4.69, 9.17) is 5.11 Å². The summed E-state index contributed by atoms with van der Waals surface area (Å²) in [6.45, 7) is 5.33. The Bertz CT molecular complexity index is 253. The molecule has 1 aliphatic carbocycles. The Morgan fingerprint density at radius 1 is 1.44 bits per heavy atom. The highest BCUT2D eigenvalue weighted by molar-refractivity contribution is 5.69. The molecule has 2 unspecified atom stereocenters. The fourth-order valence-corrected chi connectivity index (χ4v) is 2.59. The topological polar surface area (TPSA) is 52.6 Å². The van der Waals surface area contributed by atoms with Crippen molar-refractivity contribution in [3.8, 4) is 0 Å². The van der Waals surface area contributed by atoms with Crippen molar-refractivity contribution in [3.63, 3.8) is 0 Å². The predicted molar refractivity (Wildman–Crippen MR) is 62.4 cm³/mol. The van der Waals surface area contributed by atoms with E-state index in [9.17, 15) is 4.79 Å². The number of hydrogen-bond donors (Lipinski definition) is 2. The molecule has 1 aliphatic heterocycles. The van der Waals surface area contributed by atoms with Crippen molar-refractivity contribution in [2.75, 3.05) is 26.2 Å². The predicted octanol–water partition coefficient (Wildman–Crippen LogP) is 0.781. The Morgan fingerprint density at radius 2 is 2.19 bits per heavy atom. The lowest BCUT2D eigenvalue weighted by Crippen LogP contribution is -2.50. The maximum atomic E-state index is 10.7. The summed E-state index contributed by atoms with van der Waals surface area (Å²) in [5.41, 5.74) is 0. The zero-order valence-electron chi connectivity index (χ0n) is 9.98. The maximum Gasteiger partial charge on any atom is 0.317 e. The Morgan fingerprint density at radius 3 is 2.81 bits per heavy atom. The van der Waals surface area contributed by atoms with Gasteiger partial charge in [-0.3, -0.25) is 9.69 Å². The van der Waals surface area contributed by atoms with E-state index in [1.807, 2.05) is 0 Å². The van der Waals surface area contributed by atoms with Gasteiger partial charge in [0.1, 0.15) is 0 Å². The molecule has 0 bridgehead atoms. The molecule has 0 aromatic heterocycles. The number of likely N-dealkylation sites (tertiary alicyclic amines) is 1. The first-order valence-corrected chi connectivity index (χ1v) is 6.31. The molecule has 0 spiro atoms. The second kappa shape index (κ2) is 5.15. The lowest BCUT2D eigenvalue weighted by molar-refractivity contribution is -0.138. The van der Waals surface area contributed by atoms with Gasteiger partial charge in [0.25, 0.3) is 0 Å². The fraction of sp³-hybridized carbons (Fsp3) is 0.917. The molecule has 2 N–H and O–H groups in total. The molecule has 2 atom stereocenters. The van der Waals surface area contributed by atoms with Gasteiger partial charge in [-0.05, 0) is 37.6 Å². The molecule has 0 aromatic rings. The molecule has 0 radical (unpaired) electrons. The first-order chi connectivity index (χ1) is 7.63. The minimum atomic E-state index is -0.713. The van der Waals surface area contributed by atoms with Crippen molar-refractivity contribution in [1.29, 1.82) is 0 Å². The van der Waals surface area contributed by atoms with Crippen molar-refractivity contribution in [1.82, 2.24) is 10.2 Å². The highest BCUT2D eigenvalue weighted by Gasteiger charge is 2.27. The summed E-state index contributed by atoms with van der Waals surface area (Å²) < 4.78 is 0. The fourth-order valence-electron chi connectivity index (χ4n) is 2.59. The lowest BCUT2D eigenvalue weighted by atomic mass is 9.96. The molecule has 4 nitrogen and oxygen atoms in total. The number of carboxylic acid groups (broad SMARTS) is 1. The summed E-state index contributed by atoms with van der Waals surface area (Å²) in [5, 5.41) is 12.4. The maximum absolute atomic E-state index is 10.7. The Hall–Kier alpha value is -0.610. The van der Waals surface area contributed by atoms with Crippen LogP contribution in [0.1, 0.15) is 26.2 Å². The minimum Gasteiger partial charge on any atom is -0.480 e. The lowest BCUT2D eigenvalue weighted by Gasteiger charge is -2.36. The van der Waals surface area contributed by atoms with E-state index in [-0.39, 0.29) is 6.54 Å². The SMILES string of the molecule is CC1CC(NCC2CC2)CN(CC(=O)O)C1. The highest BCUT2D eigenvalue weighted by Crippen LogP contribution is 2.28. The van der Waals surface area contributed by atoms with Gasteiger partial charge >= 0.3 is 5.97 Å². The third kappa shape index (κ3) is 3.76.